The molecule has 1 aromatic heterocycles. The molecule has 7 nitrogen and oxygen atoms in total. The molecular formula is C19H21BrFN3O4. The summed E-state index contributed by atoms with van der Waals surface area (Å²) >= 11 is 3.27. The molecule has 2 aromatic rings. The second kappa shape index (κ2) is 10.1. The van der Waals surface area contributed by atoms with Crippen LogP contribution in [-0.2, 0) is 11.3 Å². The number of pyridine rings is 1. The van der Waals surface area contributed by atoms with Crippen molar-refractivity contribution in [2.24, 2.45) is 0 Å². The van der Waals surface area contributed by atoms with Crippen LogP contribution in [0.4, 0.5) is 14.9 Å². The number of anilines is 1. The van der Waals surface area contributed by atoms with Crippen LogP contribution in [0.2, 0.25) is 0 Å². The van der Waals surface area contributed by atoms with Crippen LogP contribution in [0.5, 0.6) is 0 Å². The Morgan fingerprint density at radius 2 is 2.11 bits per heavy atom. The molecule has 0 saturated carbocycles. The highest BCUT2D eigenvalue weighted by atomic mass is 79.9. The quantitative estimate of drug-likeness (QED) is 0.625. The van der Waals surface area contributed by atoms with Crippen molar-refractivity contribution in [2.45, 2.75) is 20.4 Å². The summed E-state index contributed by atoms with van der Waals surface area (Å²) in [6, 6.07) is 5.34. The van der Waals surface area contributed by atoms with E-state index in [2.05, 4.69) is 26.2 Å². The Labute approximate surface area is 170 Å². The van der Waals surface area contributed by atoms with Gasteiger partial charge in [-0.25, -0.2) is 14.0 Å². The van der Waals surface area contributed by atoms with Gasteiger partial charge < -0.3 is 20.1 Å². The van der Waals surface area contributed by atoms with Gasteiger partial charge in [0.15, 0.2) is 0 Å². The molecule has 150 valence electrons. The Morgan fingerprint density at radius 1 is 1.36 bits per heavy atom. The second-order valence-electron chi connectivity index (χ2n) is 5.89. The van der Waals surface area contributed by atoms with Gasteiger partial charge in [0.25, 0.3) is 0 Å². The first-order valence-corrected chi connectivity index (χ1v) is 9.39. The minimum Gasteiger partial charge on any atom is -0.462 e. The van der Waals surface area contributed by atoms with Gasteiger partial charge in [0.2, 0.25) is 0 Å². The summed E-state index contributed by atoms with van der Waals surface area (Å²) in [5.41, 5.74) is 1.33. The third-order valence-electron chi connectivity index (χ3n) is 3.87. The number of urea groups is 1. The molecule has 0 aliphatic heterocycles. The number of ether oxygens (including phenoxy) is 1. The number of hydrogen-bond acceptors (Lipinski definition) is 5. The van der Waals surface area contributed by atoms with Gasteiger partial charge in [-0.15, -0.1) is 0 Å². The summed E-state index contributed by atoms with van der Waals surface area (Å²) in [5, 5.41) is 11.9. The fourth-order valence-electron chi connectivity index (χ4n) is 2.42. The lowest BCUT2D eigenvalue weighted by Gasteiger charge is -2.23. The third kappa shape index (κ3) is 5.74. The molecule has 0 unspecified atom stereocenters. The Kier molecular flexibility index (Phi) is 7.89. The van der Waals surface area contributed by atoms with E-state index in [4.69, 9.17) is 4.74 Å². The standard InChI is InChI=1S/C19H21BrFN3O4/c1-3-28-18(26)13-9-17(12(2)22-10-13)23-19(27)24(6-7-25)11-14-8-15(20)4-5-16(14)21/h4-5,8-10,25H,3,6-7,11H2,1-2H3,(H,23,27). The van der Waals surface area contributed by atoms with Crippen molar-refractivity contribution in [3.05, 3.63) is 57.6 Å². The van der Waals surface area contributed by atoms with Crippen molar-refractivity contribution in [2.75, 3.05) is 25.1 Å². The number of aliphatic hydroxyl groups excluding tert-OH is 1. The lowest BCUT2D eigenvalue weighted by molar-refractivity contribution is 0.0526. The zero-order valence-corrected chi connectivity index (χ0v) is 17.1. The topological polar surface area (TPSA) is 91.8 Å². The largest absolute Gasteiger partial charge is 0.462 e. The van der Waals surface area contributed by atoms with Crippen molar-refractivity contribution in [3.63, 3.8) is 0 Å². The molecule has 0 aliphatic carbocycles. The van der Waals surface area contributed by atoms with Gasteiger partial charge >= 0.3 is 12.0 Å². The maximum absolute atomic E-state index is 14.0. The highest BCUT2D eigenvalue weighted by molar-refractivity contribution is 9.10. The minimum absolute atomic E-state index is 0.00182. The normalized spacial score (nSPS) is 10.5. The summed E-state index contributed by atoms with van der Waals surface area (Å²) in [6.07, 6.45) is 1.37. The number of rotatable bonds is 7. The molecule has 0 aliphatic rings. The number of carbonyl (C=O) groups excluding carboxylic acids is 2. The number of amides is 2. The third-order valence-corrected chi connectivity index (χ3v) is 4.36. The molecule has 28 heavy (non-hydrogen) atoms. The van der Waals surface area contributed by atoms with Gasteiger partial charge in [-0.1, -0.05) is 15.9 Å². The number of benzene rings is 1. The average Bonchev–Trinajstić information content (AvgIpc) is 2.66. The van der Waals surface area contributed by atoms with E-state index in [1.54, 1.807) is 26.0 Å². The fourth-order valence-corrected chi connectivity index (χ4v) is 2.83. The van der Waals surface area contributed by atoms with Crippen LogP contribution in [0.3, 0.4) is 0 Å². The van der Waals surface area contributed by atoms with Crippen LogP contribution >= 0.6 is 15.9 Å². The molecule has 0 fully saturated rings. The number of aryl methyl sites for hydroxylation is 1. The van der Waals surface area contributed by atoms with Crippen molar-refractivity contribution in [1.82, 2.24) is 9.88 Å². The highest BCUT2D eigenvalue weighted by Crippen LogP contribution is 2.19. The van der Waals surface area contributed by atoms with Crippen LogP contribution < -0.4 is 5.32 Å². The average molecular weight is 454 g/mol. The van der Waals surface area contributed by atoms with Crippen LogP contribution in [0.1, 0.15) is 28.5 Å². The maximum Gasteiger partial charge on any atom is 0.339 e. The Balaban J connectivity index is 2.21. The molecule has 0 radical (unpaired) electrons. The van der Waals surface area contributed by atoms with Crippen LogP contribution in [-0.4, -0.2) is 46.7 Å². The summed E-state index contributed by atoms with van der Waals surface area (Å²) in [5.74, 6) is -1.00. The van der Waals surface area contributed by atoms with Crippen molar-refractivity contribution in [3.8, 4) is 0 Å². The van der Waals surface area contributed by atoms with E-state index < -0.39 is 17.8 Å². The smallest absolute Gasteiger partial charge is 0.339 e. The molecule has 0 saturated heterocycles. The summed E-state index contributed by atoms with van der Waals surface area (Å²) < 4.78 is 19.6. The summed E-state index contributed by atoms with van der Waals surface area (Å²) in [6.45, 7) is 3.26. The van der Waals surface area contributed by atoms with E-state index >= 15 is 0 Å². The number of carbonyl (C=O) groups is 2. The van der Waals surface area contributed by atoms with Gasteiger partial charge in [0.1, 0.15) is 5.82 Å². The number of hydrogen-bond donors (Lipinski definition) is 2. The molecule has 0 atom stereocenters. The second-order valence-corrected chi connectivity index (χ2v) is 6.80. The van der Waals surface area contributed by atoms with Gasteiger partial charge in [-0.3, -0.25) is 4.98 Å². The molecular weight excluding hydrogens is 433 g/mol. The number of nitrogens with one attached hydrogen (secondary N) is 1. The van der Waals surface area contributed by atoms with Crippen molar-refractivity contribution >= 4 is 33.6 Å². The van der Waals surface area contributed by atoms with Gasteiger partial charge in [0.05, 0.1) is 36.7 Å². The van der Waals surface area contributed by atoms with E-state index in [0.29, 0.717) is 21.4 Å². The Bertz CT molecular complexity index is 863. The first kappa shape index (κ1) is 21.8. The SMILES string of the molecule is CCOC(=O)c1cnc(C)c(NC(=O)N(CCO)Cc2cc(Br)ccc2F)c1. The van der Waals surface area contributed by atoms with Gasteiger partial charge in [0, 0.05) is 22.8 Å². The molecule has 9 heteroatoms. The predicted octanol–water partition coefficient (Wildman–Crippen LogP) is 3.49. The number of aliphatic hydroxyl groups is 1. The van der Waals surface area contributed by atoms with E-state index in [9.17, 15) is 19.1 Å². The van der Waals surface area contributed by atoms with Crippen LogP contribution in [0.15, 0.2) is 34.9 Å². The lowest BCUT2D eigenvalue weighted by atomic mass is 10.2. The van der Waals surface area contributed by atoms with Gasteiger partial charge in [-0.05, 0) is 38.1 Å². The molecule has 1 aromatic carbocycles. The molecule has 2 amide bonds. The number of halogens is 2. The molecule has 0 spiro atoms. The number of nitrogens with zero attached hydrogens (tertiary/aromatic N) is 2. The lowest BCUT2D eigenvalue weighted by Crippen LogP contribution is -2.37. The first-order valence-electron chi connectivity index (χ1n) is 8.60. The zero-order chi connectivity index (χ0) is 20.7. The van der Waals surface area contributed by atoms with E-state index in [-0.39, 0.29) is 31.9 Å². The van der Waals surface area contributed by atoms with E-state index in [0.717, 1.165) is 0 Å². The molecule has 0 bridgehead atoms. The molecule has 2 N–H and O–H groups in total. The Morgan fingerprint density at radius 3 is 2.79 bits per heavy atom. The summed E-state index contributed by atoms with van der Waals surface area (Å²) in [7, 11) is 0. The number of esters is 1. The first-order chi connectivity index (χ1) is 13.3. The molecule has 1 heterocycles. The van der Waals surface area contributed by atoms with Crippen LogP contribution in [0, 0.1) is 12.7 Å². The van der Waals surface area contributed by atoms with E-state index in [1.165, 1.54) is 23.2 Å². The minimum atomic E-state index is -0.556. The summed E-state index contributed by atoms with van der Waals surface area (Å²) in [4.78, 5) is 29.9. The maximum atomic E-state index is 14.0. The van der Waals surface area contributed by atoms with Crippen LogP contribution in [0.25, 0.3) is 0 Å². The monoisotopic (exact) mass is 453 g/mol. The number of aromatic nitrogens is 1. The predicted molar refractivity (Wildman–Crippen MR) is 106 cm³/mol. The Hall–Kier alpha value is -2.52. The zero-order valence-electron chi connectivity index (χ0n) is 15.5. The van der Waals surface area contributed by atoms with Crippen molar-refractivity contribution < 1.29 is 23.8 Å². The van der Waals surface area contributed by atoms with Gasteiger partial charge in [-0.2, -0.15) is 0 Å². The van der Waals surface area contributed by atoms with Crippen molar-refractivity contribution in [1.29, 1.82) is 0 Å². The highest BCUT2D eigenvalue weighted by Gasteiger charge is 2.18. The molecule has 2 rings (SSSR count). The van der Waals surface area contributed by atoms with E-state index in [1.807, 2.05) is 0 Å². The fraction of sp³-hybridized carbons (Fsp3) is 0.316.